The van der Waals surface area contributed by atoms with Crippen LogP contribution >= 0.6 is 0 Å². The first-order valence-corrected chi connectivity index (χ1v) is 8.38. The highest BCUT2D eigenvalue weighted by Crippen LogP contribution is 2.35. The van der Waals surface area contributed by atoms with E-state index in [-0.39, 0.29) is 0 Å². The summed E-state index contributed by atoms with van der Waals surface area (Å²) < 4.78 is 13.0. The van der Waals surface area contributed by atoms with Crippen molar-refractivity contribution < 1.29 is 4.21 Å². The molecule has 0 saturated carbocycles. The van der Waals surface area contributed by atoms with E-state index in [2.05, 4.69) is 6.58 Å². The minimum atomic E-state index is -1.19. The van der Waals surface area contributed by atoms with E-state index < -0.39 is 10.8 Å². The number of allylic oxidation sites excluding steroid dienone is 3. The van der Waals surface area contributed by atoms with Crippen LogP contribution < -0.4 is 0 Å². The van der Waals surface area contributed by atoms with Crippen LogP contribution in [0.15, 0.2) is 72.8 Å². The summed E-state index contributed by atoms with van der Waals surface area (Å²) in [6.45, 7) is 8.14. The molecule has 22 heavy (non-hydrogen) atoms. The Morgan fingerprint density at radius 1 is 0.727 bits per heavy atom. The van der Waals surface area contributed by atoms with Crippen LogP contribution in [0, 0.1) is 13.8 Å². The zero-order chi connectivity index (χ0) is 15.7. The van der Waals surface area contributed by atoms with Gasteiger partial charge in [-0.3, -0.25) is 0 Å². The molecular weight excluding hydrogens is 288 g/mol. The quantitative estimate of drug-likeness (QED) is 0.762. The number of hydrogen-bond acceptors (Lipinski definition) is 1. The molecule has 1 heterocycles. The molecule has 1 aliphatic heterocycles. The Morgan fingerprint density at radius 2 is 1.09 bits per heavy atom. The smallest absolute Gasteiger partial charge is 0.0862 e. The molecule has 0 amide bonds. The van der Waals surface area contributed by atoms with E-state index in [1.54, 1.807) is 0 Å². The molecule has 0 aliphatic carbocycles. The molecule has 0 fully saturated rings. The van der Waals surface area contributed by atoms with Crippen molar-refractivity contribution in [2.24, 2.45) is 0 Å². The average Bonchev–Trinajstić information content (AvgIpc) is 2.51. The summed E-state index contributed by atoms with van der Waals surface area (Å²) in [6, 6.07) is 16.2. The maximum absolute atomic E-state index is 13.0. The van der Waals surface area contributed by atoms with E-state index in [9.17, 15) is 4.21 Å². The van der Waals surface area contributed by atoms with E-state index in [0.29, 0.717) is 0 Å². The van der Waals surface area contributed by atoms with Crippen molar-refractivity contribution in [1.29, 1.82) is 0 Å². The second-order valence-corrected chi connectivity index (χ2v) is 7.01. The second kappa shape index (κ2) is 5.90. The van der Waals surface area contributed by atoms with E-state index in [1.807, 2.05) is 74.5 Å². The zero-order valence-corrected chi connectivity index (χ0v) is 13.6. The highest BCUT2D eigenvalue weighted by Gasteiger charge is 2.20. The maximum Gasteiger partial charge on any atom is 0.0862 e. The van der Waals surface area contributed by atoms with Crippen LogP contribution in [0.2, 0.25) is 0 Å². The Kier molecular flexibility index (Phi) is 3.95. The molecular formula is C20H18OS. The molecule has 110 valence electrons. The van der Waals surface area contributed by atoms with Gasteiger partial charge in [0.15, 0.2) is 0 Å². The lowest BCUT2D eigenvalue weighted by molar-refractivity contribution is 0.694. The Bertz CT molecular complexity index is 738. The van der Waals surface area contributed by atoms with E-state index in [0.717, 1.165) is 26.5 Å². The standard InChI is InChI=1S/C20H18OS/c1-14-4-8-17(9-5-14)19-12-16(3)13-20(22(19)21)18-10-6-15(2)7-11-18/h4-13H,3H2,1-2H3. The van der Waals surface area contributed by atoms with Crippen LogP contribution in [0.25, 0.3) is 9.81 Å². The summed E-state index contributed by atoms with van der Waals surface area (Å²) in [5.41, 5.74) is 5.24. The van der Waals surface area contributed by atoms with Crippen LogP contribution in [-0.4, -0.2) is 4.21 Å². The van der Waals surface area contributed by atoms with Gasteiger partial charge in [0, 0.05) is 0 Å². The van der Waals surface area contributed by atoms with Gasteiger partial charge in [-0.15, -0.1) is 0 Å². The van der Waals surface area contributed by atoms with Crippen molar-refractivity contribution >= 4 is 20.6 Å². The van der Waals surface area contributed by atoms with Crippen LogP contribution in [0.3, 0.4) is 0 Å². The summed E-state index contributed by atoms with van der Waals surface area (Å²) in [5, 5.41) is 0. The predicted octanol–water partition coefficient (Wildman–Crippen LogP) is 5.00. The van der Waals surface area contributed by atoms with Crippen molar-refractivity contribution in [2.75, 3.05) is 0 Å². The third-order valence-electron chi connectivity index (χ3n) is 3.70. The summed E-state index contributed by atoms with van der Waals surface area (Å²) in [5.74, 6) is 0. The van der Waals surface area contributed by atoms with Crippen LogP contribution in [-0.2, 0) is 10.8 Å². The largest absolute Gasteiger partial charge is 0.249 e. The maximum atomic E-state index is 13.0. The fraction of sp³-hybridized carbons (Fsp3) is 0.100. The Balaban J connectivity index is 2.02. The fourth-order valence-electron chi connectivity index (χ4n) is 2.42. The Morgan fingerprint density at radius 3 is 1.45 bits per heavy atom. The lowest BCUT2D eigenvalue weighted by atomic mass is 10.1. The first kappa shape index (κ1) is 14.7. The monoisotopic (exact) mass is 306 g/mol. The van der Waals surface area contributed by atoms with Gasteiger partial charge in [-0.1, -0.05) is 66.2 Å². The minimum Gasteiger partial charge on any atom is -0.249 e. The molecule has 2 aromatic rings. The summed E-state index contributed by atoms with van der Waals surface area (Å²) in [4.78, 5) is 1.64. The molecule has 0 bridgehead atoms. The van der Waals surface area contributed by atoms with E-state index in [4.69, 9.17) is 0 Å². The normalized spacial score (nSPS) is 15.5. The molecule has 1 aliphatic rings. The van der Waals surface area contributed by atoms with Gasteiger partial charge in [0.05, 0.1) is 20.6 Å². The Labute approximate surface area is 134 Å². The van der Waals surface area contributed by atoms with Crippen LogP contribution in [0.1, 0.15) is 22.3 Å². The fourth-order valence-corrected chi connectivity index (χ4v) is 3.87. The van der Waals surface area contributed by atoms with Crippen molar-refractivity contribution in [3.63, 3.8) is 0 Å². The van der Waals surface area contributed by atoms with Gasteiger partial charge in [0.2, 0.25) is 0 Å². The number of aryl methyl sites for hydroxylation is 2. The van der Waals surface area contributed by atoms with Gasteiger partial charge >= 0.3 is 0 Å². The molecule has 0 saturated heterocycles. The topological polar surface area (TPSA) is 17.1 Å². The van der Waals surface area contributed by atoms with Crippen molar-refractivity contribution in [2.45, 2.75) is 13.8 Å². The molecule has 2 aromatic carbocycles. The average molecular weight is 306 g/mol. The summed E-state index contributed by atoms with van der Waals surface area (Å²) >= 11 is 0. The minimum absolute atomic E-state index is 0.822. The molecule has 1 nitrogen and oxygen atoms in total. The molecule has 0 unspecified atom stereocenters. The molecule has 0 atom stereocenters. The first-order chi connectivity index (χ1) is 10.5. The van der Waals surface area contributed by atoms with Crippen molar-refractivity contribution in [3.8, 4) is 0 Å². The number of rotatable bonds is 2. The third-order valence-corrected chi connectivity index (χ3v) is 5.21. The van der Waals surface area contributed by atoms with Gasteiger partial charge in [0.25, 0.3) is 0 Å². The highest BCUT2D eigenvalue weighted by atomic mass is 32.2. The Hall–Kier alpha value is -2.19. The lowest BCUT2D eigenvalue weighted by Crippen LogP contribution is -2.03. The van der Waals surface area contributed by atoms with Gasteiger partial charge in [-0.2, -0.15) is 0 Å². The molecule has 0 spiro atoms. The van der Waals surface area contributed by atoms with E-state index >= 15 is 0 Å². The summed E-state index contributed by atoms with van der Waals surface area (Å²) in [6.07, 6.45) is 3.83. The van der Waals surface area contributed by atoms with Gasteiger partial charge in [-0.25, -0.2) is 4.21 Å². The third kappa shape index (κ3) is 2.88. The van der Waals surface area contributed by atoms with Crippen molar-refractivity contribution in [3.05, 3.63) is 95.1 Å². The molecule has 2 heteroatoms. The zero-order valence-electron chi connectivity index (χ0n) is 12.8. The molecule has 3 rings (SSSR count). The SMILES string of the molecule is C=C1C=C(c2ccc(C)cc2)S(=O)C(c2ccc(C)cc2)=C1. The first-order valence-electron chi connectivity index (χ1n) is 7.23. The van der Waals surface area contributed by atoms with Crippen LogP contribution in [0.4, 0.5) is 0 Å². The second-order valence-electron chi connectivity index (χ2n) is 5.59. The number of hydrogen-bond donors (Lipinski definition) is 0. The van der Waals surface area contributed by atoms with Gasteiger partial charge in [-0.05, 0) is 42.7 Å². The van der Waals surface area contributed by atoms with Gasteiger partial charge < -0.3 is 0 Å². The van der Waals surface area contributed by atoms with Crippen LogP contribution in [0.5, 0.6) is 0 Å². The van der Waals surface area contributed by atoms with Crippen molar-refractivity contribution in [1.82, 2.24) is 0 Å². The highest BCUT2D eigenvalue weighted by molar-refractivity contribution is 8.03. The predicted molar refractivity (Wildman–Crippen MR) is 95.6 cm³/mol. The summed E-state index contributed by atoms with van der Waals surface area (Å²) in [7, 11) is -1.19. The lowest BCUT2D eigenvalue weighted by Gasteiger charge is -2.17. The molecule has 0 N–H and O–H groups in total. The molecule has 0 radical (unpaired) electrons. The van der Waals surface area contributed by atoms with Gasteiger partial charge in [0.1, 0.15) is 0 Å². The molecule has 0 aromatic heterocycles. The number of benzene rings is 2. The van der Waals surface area contributed by atoms with E-state index in [1.165, 1.54) is 11.1 Å².